The van der Waals surface area contributed by atoms with Crippen LogP contribution in [0.2, 0.25) is 0 Å². The lowest BCUT2D eigenvalue weighted by Crippen LogP contribution is -2.52. The SMILES string of the molecule is CO/N=C(C)/C(=N\OC)C(=O)N1CCN(CC(=O)OC)CC1. The average molecular weight is 314 g/mol. The van der Waals surface area contributed by atoms with Crippen LogP contribution in [0.1, 0.15) is 6.92 Å². The molecule has 1 aliphatic rings. The zero-order valence-corrected chi connectivity index (χ0v) is 13.4. The van der Waals surface area contributed by atoms with Crippen LogP contribution < -0.4 is 0 Å². The van der Waals surface area contributed by atoms with Gasteiger partial charge in [0.1, 0.15) is 19.9 Å². The summed E-state index contributed by atoms with van der Waals surface area (Å²) in [4.78, 5) is 36.6. The van der Waals surface area contributed by atoms with Gasteiger partial charge in [-0.25, -0.2) is 0 Å². The maximum absolute atomic E-state index is 12.5. The third-order valence-corrected chi connectivity index (χ3v) is 3.20. The molecule has 1 amide bonds. The Labute approximate surface area is 129 Å². The van der Waals surface area contributed by atoms with E-state index in [0.717, 1.165) is 0 Å². The molecule has 9 nitrogen and oxygen atoms in total. The fourth-order valence-corrected chi connectivity index (χ4v) is 2.04. The van der Waals surface area contributed by atoms with Gasteiger partial charge >= 0.3 is 5.97 Å². The van der Waals surface area contributed by atoms with Crippen LogP contribution in [0.15, 0.2) is 10.3 Å². The zero-order chi connectivity index (χ0) is 16.5. The Balaban J connectivity index is 2.65. The molecule has 124 valence electrons. The number of methoxy groups -OCH3 is 1. The summed E-state index contributed by atoms with van der Waals surface area (Å²) in [6.07, 6.45) is 0. The molecule has 1 heterocycles. The Morgan fingerprint density at radius 1 is 1.00 bits per heavy atom. The highest BCUT2D eigenvalue weighted by atomic mass is 16.6. The summed E-state index contributed by atoms with van der Waals surface area (Å²) in [5, 5.41) is 7.44. The van der Waals surface area contributed by atoms with E-state index in [9.17, 15) is 9.59 Å². The van der Waals surface area contributed by atoms with Crippen molar-refractivity contribution >= 4 is 23.3 Å². The molecule has 0 aromatic heterocycles. The summed E-state index contributed by atoms with van der Waals surface area (Å²) in [5.41, 5.74) is 0.442. The van der Waals surface area contributed by atoms with Gasteiger partial charge in [-0.1, -0.05) is 10.3 Å². The Kier molecular flexibility index (Phi) is 7.30. The van der Waals surface area contributed by atoms with Crippen molar-refractivity contribution in [3.63, 3.8) is 0 Å². The van der Waals surface area contributed by atoms with Gasteiger partial charge in [-0.15, -0.1) is 0 Å². The predicted octanol–water partition coefficient (Wildman–Crippen LogP) is -0.672. The first-order valence-electron chi connectivity index (χ1n) is 6.81. The quantitative estimate of drug-likeness (QED) is 0.367. The van der Waals surface area contributed by atoms with Crippen molar-refractivity contribution in [1.82, 2.24) is 9.80 Å². The smallest absolute Gasteiger partial charge is 0.319 e. The normalized spacial score (nSPS) is 17.2. The topological polar surface area (TPSA) is 93.0 Å². The number of ether oxygens (including phenoxy) is 1. The third-order valence-electron chi connectivity index (χ3n) is 3.20. The van der Waals surface area contributed by atoms with Gasteiger partial charge < -0.3 is 19.3 Å². The van der Waals surface area contributed by atoms with Crippen LogP contribution in [0.5, 0.6) is 0 Å². The number of hydrogen-bond donors (Lipinski definition) is 0. The van der Waals surface area contributed by atoms with Crippen molar-refractivity contribution in [3.05, 3.63) is 0 Å². The maximum atomic E-state index is 12.5. The first-order chi connectivity index (χ1) is 10.5. The van der Waals surface area contributed by atoms with Crippen molar-refractivity contribution < 1.29 is 24.0 Å². The second-order valence-electron chi connectivity index (χ2n) is 4.63. The van der Waals surface area contributed by atoms with Gasteiger partial charge in [0.15, 0.2) is 5.71 Å². The van der Waals surface area contributed by atoms with E-state index in [1.54, 1.807) is 11.8 Å². The van der Waals surface area contributed by atoms with Crippen LogP contribution in [-0.2, 0) is 24.0 Å². The fourth-order valence-electron chi connectivity index (χ4n) is 2.04. The molecular formula is C13H22N4O5. The fraction of sp³-hybridized carbons (Fsp3) is 0.692. The van der Waals surface area contributed by atoms with Crippen molar-refractivity contribution in [2.24, 2.45) is 10.3 Å². The molecule has 0 spiro atoms. The molecule has 0 aliphatic carbocycles. The Morgan fingerprint density at radius 2 is 1.59 bits per heavy atom. The summed E-state index contributed by atoms with van der Waals surface area (Å²) in [6.45, 7) is 3.98. The van der Waals surface area contributed by atoms with E-state index >= 15 is 0 Å². The summed E-state index contributed by atoms with van der Waals surface area (Å²) in [7, 11) is 4.11. The second kappa shape index (κ2) is 8.98. The minimum Gasteiger partial charge on any atom is -0.468 e. The molecule has 0 aromatic rings. The minimum absolute atomic E-state index is 0.103. The van der Waals surface area contributed by atoms with E-state index in [0.29, 0.717) is 31.9 Å². The van der Waals surface area contributed by atoms with E-state index in [4.69, 9.17) is 4.84 Å². The number of oxime groups is 2. The number of hydrogen-bond acceptors (Lipinski definition) is 8. The molecule has 0 radical (unpaired) electrons. The van der Waals surface area contributed by atoms with E-state index in [1.807, 2.05) is 4.90 Å². The molecule has 1 aliphatic heterocycles. The van der Waals surface area contributed by atoms with Crippen LogP contribution in [0, 0.1) is 0 Å². The van der Waals surface area contributed by atoms with Crippen molar-refractivity contribution in [2.45, 2.75) is 6.92 Å². The predicted molar refractivity (Wildman–Crippen MR) is 79.6 cm³/mol. The first-order valence-corrected chi connectivity index (χ1v) is 6.81. The Bertz CT molecular complexity index is 455. The van der Waals surface area contributed by atoms with Gasteiger partial charge in [-0.2, -0.15) is 0 Å². The van der Waals surface area contributed by atoms with Crippen LogP contribution in [0.3, 0.4) is 0 Å². The van der Waals surface area contributed by atoms with Crippen LogP contribution in [0.25, 0.3) is 0 Å². The van der Waals surface area contributed by atoms with E-state index in [2.05, 4.69) is 19.9 Å². The van der Waals surface area contributed by atoms with Gasteiger partial charge in [0.25, 0.3) is 5.91 Å². The van der Waals surface area contributed by atoms with Gasteiger partial charge in [-0.05, 0) is 6.92 Å². The molecule has 1 saturated heterocycles. The first kappa shape index (κ1) is 17.9. The highest BCUT2D eigenvalue weighted by Crippen LogP contribution is 2.04. The second-order valence-corrected chi connectivity index (χ2v) is 4.63. The zero-order valence-electron chi connectivity index (χ0n) is 13.4. The van der Waals surface area contributed by atoms with Crippen LogP contribution in [0.4, 0.5) is 0 Å². The largest absolute Gasteiger partial charge is 0.468 e. The number of amides is 1. The average Bonchev–Trinajstić information content (AvgIpc) is 2.52. The highest BCUT2D eigenvalue weighted by molar-refractivity contribution is 6.66. The molecule has 0 N–H and O–H groups in total. The monoisotopic (exact) mass is 314 g/mol. The molecule has 0 unspecified atom stereocenters. The lowest BCUT2D eigenvalue weighted by Gasteiger charge is -2.34. The lowest BCUT2D eigenvalue weighted by molar-refractivity contribution is -0.142. The van der Waals surface area contributed by atoms with E-state index in [-0.39, 0.29) is 24.1 Å². The van der Waals surface area contributed by atoms with Crippen molar-refractivity contribution in [1.29, 1.82) is 0 Å². The summed E-state index contributed by atoms with van der Waals surface area (Å²) < 4.78 is 4.63. The number of esters is 1. The molecule has 0 saturated carbocycles. The molecule has 0 bridgehead atoms. The summed E-state index contributed by atoms with van der Waals surface area (Å²) in [5.74, 6) is -0.567. The summed E-state index contributed by atoms with van der Waals surface area (Å²) in [6, 6.07) is 0. The number of carbonyl (C=O) groups excluding carboxylic acids is 2. The molecule has 22 heavy (non-hydrogen) atoms. The molecule has 0 aromatic carbocycles. The number of piperazine rings is 1. The third kappa shape index (κ3) is 4.99. The standard InChI is InChI=1S/C13H22N4O5/c1-10(14-21-3)12(15-22-4)13(19)17-7-5-16(6-8-17)9-11(18)20-2/h5-9H2,1-4H3/b14-10+,15-12+. The molecule has 1 fully saturated rings. The Hall–Kier alpha value is -2.16. The number of nitrogens with zero attached hydrogens (tertiary/aromatic N) is 4. The van der Waals surface area contributed by atoms with E-state index in [1.165, 1.54) is 21.3 Å². The molecular weight excluding hydrogens is 292 g/mol. The molecule has 9 heteroatoms. The lowest BCUT2D eigenvalue weighted by atomic mass is 10.2. The highest BCUT2D eigenvalue weighted by Gasteiger charge is 2.27. The summed E-state index contributed by atoms with van der Waals surface area (Å²) >= 11 is 0. The van der Waals surface area contributed by atoms with Crippen molar-refractivity contribution in [2.75, 3.05) is 54.1 Å². The number of carbonyl (C=O) groups is 2. The van der Waals surface area contributed by atoms with Crippen LogP contribution >= 0.6 is 0 Å². The van der Waals surface area contributed by atoms with Gasteiger partial charge in [0.2, 0.25) is 0 Å². The van der Waals surface area contributed by atoms with Gasteiger partial charge in [0, 0.05) is 26.2 Å². The minimum atomic E-state index is -0.288. The Morgan fingerprint density at radius 3 is 2.09 bits per heavy atom. The van der Waals surface area contributed by atoms with Crippen LogP contribution in [-0.4, -0.2) is 87.2 Å². The van der Waals surface area contributed by atoms with Gasteiger partial charge in [-0.3, -0.25) is 14.5 Å². The maximum Gasteiger partial charge on any atom is 0.319 e. The molecule has 0 atom stereocenters. The van der Waals surface area contributed by atoms with Gasteiger partial charge in [0.05, 0.1) is 13.7 Å². The molecule has 1 rings (SSSR count). The van der Waals surface area contributed by atoms with Crippen molar-refractivity contribution in [3.8, 4) is 0 Å². The number of rotatable bonds is 6. The van der Waals surface area contributed by atoms with E-state index < -0.39 is 0 Å².